The summed E-state index contributed by atoms with van der Waals surface area (Å²) in [6.45, 7) is 3.47. The van der Waals surface area contributed by atoms with Crippen molar-refractivity contribution in [2.24, 2.45) is 11.7 Å². The summed E-state index contributed by atoms with van der Waals surface area (Å²) in [7, 11) is 0. The Balaban J connectivity index is 1.57. The molecule has 1 aromatic rings. The number of nitrogens with two attached hydrogens (primary N) is 1. The summed E-state index contributed by atoms with van der Waals surface area (Å²) in [6, 6.07) is 0.0345. The maximum atomic E-state index is 6.38. The summed E-state index contributed by atoms with van der Waals surface area (Å²) >= 11 is 0. The Morgan fingerprint density at radius 1 is 1.35 bits per heavy atom. The fourth-order valence-electron chi connectivity index (χ4n) is 3.19. The van der Waals surface area contributed by atoms with E-state index in [2.05, 4.69) is 9.55 Å². The second-order valence-corrected chi connectivity index (χ2v) is 5.94. The number of aromatic nitrogens is 2. The van der Waals surface area contributed by atoms with Crippen molar-refractivity contribution in [3.05, 3.63) is 18.2 Å². The molecule has 2 saturated heterocycles. The number of hydrogen-bond donors (Lipinski definition) is 1. The monoisotopic (exact) mass is 279 g/mol. The summed E-state index contributed by atoms with van der Waals surface area (Å²) in [4.78, 5) is 4.28. The van der Waals surface area contributed by atoms with Crippen LogP contribution in [0.4, 0.5) is 0 Å². The van der Waals surface area contributed by atoms with Crippen LogP contribution in [0.25, 0.3) is 0 Å². The van der Waals surface area contributed by atoms with Crippen LogP contribution in [-0.2, 0) is 16.0 Å². The van der Waals surface area contributed by atoms with Crippen LogP contribution < -0.4 is 5.73 Å². The fourth-order valence-corrected chi connectivity index (χ4v) is 3.19. The minimum absolute atomic E-state index is 0.0345. The van der Waals surface area contributed by atoms with Crippen LogP contribution in [0.15, 0.2) is 12.5 Å². The van der Waals surface area contributed by atoms with Crippen LogP contribution in [0.5, 0.6) is 0 Å². The quantitative estimate of drug-likeness (QED) is 0.894. The summed E-state index contributed by atoms with van der Waals surface area (Å²) in [5, 5.41) is 0. The highest BCUT2D eigenvalue weighted by atomic mass is 16.5. The molecule has 5 nitrogen and oxygen atoms in total. The molecule has 0 amide bonds. The number of imidazole rings is 1. The molecular weight excluding hydrogens is 254 g/mol. The van der Waals surface area contributed by atoms with Crippen LogP contribution in [0.3, 0.4) is 0 Å². The summed E-state index contributed by atoms with van der Waals surface area (Å²) in [5.74, 6) is 0.427. The second-order valence-electron chi connectivity index (χ2n) is 5.94. The van der Waals surface area contributed by atoms with E-state index in [4.69, 9.17) is 15.2 Å². The molecule has 112 valence electrons. The molecule has 1 aromatic heterocycles. The molecule has 0 spiro atoms. The minimum atomic E-state index is 0.0345. The summed E-state index contributed by atoms with van der Waals surface area (Å²) in [6.07, 6.45) is 10.0. The molecule has 0 radical (unpaired) electrons. The van der Waals surface area contributed by atoms with Crippen molar-refractivity contribution in [1.29, 1.82) is 0 Å². The largest absolute Gasteiger partial charge is 0.381 e. The van der Waals surface area contributed by atoms with E-state index in [1.807, 2.05) is 12.5 Å². The zero-order valence-corrected chi connectivity index (χ0v) is 12.0. The predicted molar refractivity (Wildman–Crippen MR) is 76.3 cm³/mol. The third-order valence-electron chi connectivity index (χ3n) is 4.52. The SMILES string of the molecule is NC(c1cncn1CCC1CCCCO1)C1CCOC1. The first-order chi connectivity index (χ1) is 9.84. The van der Waals surface area contributed by atoms with Gasteiger partial charge in [-0.1, -0.05) is 0 Å². The number of rotatable bonds is 5. The minimum Gasteiger partial charge on any atom is -0.381 e. The number of ether oxygens (including phenoxy) is 2. The van der Waals surface area contributed by atoms with Crippen molar-refractivity contribution < 1.29 is 9.47 Å². The lowest BCUT2D eigenvalue weighted by Crippen LogP contribution is -2.26. The Bertz CT molecular complexity index is 409. The lowest BCUT2D eigenvalue weighted by Gasteiger charge is -2.24. The van der Waals surface area contributed by atoms with Crippen molar-refractivity contribution in [2.75, 3.05) is 19.8 Å². The van der Waals surface area contributed by atoms with E-state index < -0.39 is 0 Å². The molecule has 2 aliphatic rings. The van der Waals surface area contributed by atoms with Crippen LogP contribution in [0.2, 0.25) is 0 Å². The Morgan fingerprint density at radius 2 is 2.30 bits per heavy atom. The average Bonchev–Trinajstić information content (AvgIpc) is 3.17. The molecule has 0 bridgehead atoms. The van der Waals surface area contributed by atoms with Gasteiger partial charge in [0.25, 0.3) is 0 Å². The summed E-state index contributed by atoms with van der Waals surface area (Å²) in [5.41, 5.74) is 7.52. The molecule has 0 saturated carbocycles. The summed E-state index contributed by atoms with van der Waals surface area (Å²) < 4.78 is 13.4. The van der Waals surface area contributed by atoms with Crippen LogP contribution in [-0.4, -0.2) is 35.5 Å². The maximum Gasteiger partial charge on any atom is 0.0948 e. The number of aryl methyl sites for hydroxylation is 1. The van der Waals surface area contributed by atoms with Crippen LogP contribution in [0.1, 0.15) is 43.8 Å². The zero-order valence-electron chi connectivity index (χ0n) is 12.0. The molecular formula is C15H25N3O2. The lowest BCUT2D eigenvalue weighted by molar-refractivity contribution is 0.00863. The fraction of sp³-hybridized carbons (Fsp3) is 0.800. The molecule has 0 aromatic carbocycles. The normalized spacial score (nSPS) is 28.6. The zero-order chi connectivity index (χ0) is 13.8. The highest BCUT2D eigenvalue weighted by Gasteiger charge is 2.26. The van der Waals surface area contributed by atoms with E-state index in [-0.39, 0.29) is 6.04 Å². The van der Waals surface area contributed by atoms with Crippen molar-refractivity contribution in [1.82, 2.24) is 9.55 Å². The predicted octanol–water partition coefficient (Wildman–Crippen LogP) is 1.88. The molecule has 3 rings (SSSR count). The van der Waals surface area contributed by atoms with Crippen molar-refractivity contribution >= 4 is 0 Å². The first kappa shape index (κ1) is 14.0. The Hall–Kier alpha value is -0.910. The molecule has 2 N–H and O–H groups in total. The van der Waals surface area contributed by atoms with Gasteiger partial charge in [0.05, 0.1) is 30.8 Å². The van der Waals surface area contributed by atoms with E-state index >= 15 is 0 Å². The molecule has 0 aliphatic carbocycles. The second kappa shape index (κ2) is 6.70. The smallest absolute Gasteiger partial charge is 0.0948 e. The van der Waals surface area contributed by atoms with Gasteiger partial charge >= 0.3 is 0 Å². The van der Waals surface area contributed by atoms with Crippen molar-refractivity contribution in [3.8, 4) is 0 Å². The standard InChI is InChI=1S/C15H25N3O2/c16-15(12-5-8-19-10-12)14-9-17-11-18(14)6-4-13-3-1-2-7-20-13/h9,11-13,15H,1-8,10,16H2. The topological polar surface area (TPSA) is 62.3 Å². The molecule has 20 heavy (non-hydrogen) atoms. The average molecular weight is 279 g/mol. The third-order valence-corrected chi connectivity index (χ3v) is 4.52. The van der Waals surface area contributed by atoms with Gasteiger partial charge in [0.15, 0.2) is 0 Å². The van der Waals surface area contributed by atoms with Gasteiger partial charge in [0, 0.05) is 31.9 Å². The van der Waals surface area contributed by atoms with E-state index in [0.29, 0.717) is 12.0 Å². The van der Waals surface area contributed by atoms with Gasteiger partial charge in [-0.15, -0.1) is 0 Å². The maximum absolute atomic E-state index is 6.38. The van der Waals surface area contributed by atoms with Gasteiger partial charge in [-0.25, -0.2) is 4.98 Å². The Morgan fingerprint density at radius 3 is 3.05 bits per heavy atom. The molecule has 2 aliphatic heterocycles. The van der Waals surface area contributed by atoms with Gasteiger partial charge in [0.1, 0.15) is 0 Å². The van der Waals surface area contributed by atoms with E-state index in [1.165, 1.54) is 19.3 Å². The number of nitrogens with zero attached hydrogens (tertiary/aromatic N) is 2. The van der Waals surface area contributed by atoms with Gasteiger partial charge in [0.2, 0.25) is 0 Å². The number of hydrogen-bond acceptors (Lipinski definition) is 4. The van der Waals surface area contributed by atoms with Crippen molar-refractivity contribution in [3.63, 3.8) is 0 Å². The van der Waals surface area contributed by atoms with Gasteiger partial charge in [-0.2, -0.15) is 0 Å². The lowest BCUT2D eigenvalue weighted by atomic mass is 9.97. The van der Waals surface area contributed by atoms with E-state index in [0.717, 1.165) is 44.9 Å². The van der Waals surface area contributed by atoms with Gasteiger partial charge in [-0.3, -0.25) is 0 Å². The first-order valence-electron chi connectivity index (χ1n) is 7.79. The molecule has 2 fully saturated rings. The van der Waals surface area contributed by atoms with Crippen molar-refractivity contribution in [2.45, 2.75) is 50.8 Å². The van der Waals surface area contributed by atoms with E-state index in [1.54, 1.807) is 0 Å². The molecule has 3 unspecified atom stereocenters. The molecule has 3 heterocycles. The molecule has 5 heteroatoms. The first-order valence-corrected chi connectivity index (χ1v) is 7.79. The molecule has 3 atom stereocenters. The highest BCUT2D eigenvalue weighted by molar-refractivity contribution is 5.07. The Kier molecular flexibility index (Phi) is 4.70. The Labute approximate surface area is 120 Å². The third kappa shape index (κ3) is 3.22. The van der Waals surface area contributed by atoms with Crippen LogP contribution >= 0.6 is 0 Å². The van der Waals surface area contributed by atoms with Gasteiger partial charge in [-0.05, 0) is 32.1 Å². The van der Waals surface area contributed by atoms with E-state index in [9.17, 15) is 0 Å². The van der Waals surface area contributed by atoms with Crippen LogP contribution in [0, 0.1) is 5.92 Å². The highest BCUT2D eigenvalue weighted by Crippen LogP contribution is 2.27. The van der Waals surface area contributed by atoms with Gasteiger partial charge < -0.3 is 19.8 Å².